The molecule has 0 unspecified atom stereocenters. The summed E-state index contributed by atoms with van der Waals surface area (Å²) in [6, 6.07) is 2.40. The maximum atomic E-state index is 11.1. The van der Waals surface area contributed by atoms with Crippen LogP contribution in [-0.4, -0.2) is 30.5 Å². The molecular weight excluding hydrogens is 266 g/mol. The first-order valence-corrected chi connectivity index (χ1v) is 6.14. The molecule has 0 radical (unpaired) electrons. The number of unbranched alkanes of at least 4 members (excludes halogenated alkanes) is 1. The van der Waals surface area contributed by atoms with Crippen LogP contribution in [0.5, 0.6) is 5.75 Å². The predicted molar refractivity (Wildman–Crippen MR) is 74.5 cm³/mol. The van der Waals surface area contributed by atoms with E-state index < -0.39 is 9.85 Å². The third-order valence-electron chi connectivity index (χ3n) is 2.90. The van der Waals surface area contributed by atoms with E-state index >= 15 is 0 Å². The molecule has 0 fully saturated rings. The molecule has 0 aliphatic rings. The Morgan fingerprint density at radius 3 is 2.05 bits per heavy atom. The van der Waals surface area contributed by atoms with Gasteiger partial charge in [0.2, 0.25) is 0 Å². The maximum Gasteiger partial charge on any atom is 0.303 e. The Kier molecular flexibility index (Phi) is 5.24. The molecule has 1 aromatic carbocycles. The zero-order valence-corrected chi connectivity index (χ0v) is 11.7. The molecule has 0 aliphatic carbocycles. The molecular formula is C12H17N3O5. The Bertz CT molecular complexity index is 483. The molecule has 110 valence electrons. The zero-order valence-electron chi connectivity index (χ0n) is 11.7. The van der Waals surface area contributed by atoms with E-state index in [1.165, 1.54) is 19.2 Å². The second-order valence-corrected chi connectivity index (χ2v) is 4.30. The quantitative estimate of drug-likeness (QED) is 0.563. The van der Waals surface area contributed by atoms with Crippen LogP contribution in [0.1, 0.15) is 19.8 Å². The SMILES string of the molecule is CCCCN(C)c1c([N+](=O)[O-])cc(OC)cc1[N+](=O)[O-]. The average molecular weight is 283 g/mol. The second kappa shape index (κ2) is 6.69. The third-order valence-corrected chi connectivity index (χ3v) is 2.90. The third kappa shape index (κ3) is 3.34. The number of nitro benzene ring substituents is 2. The Balaban J connectivity index is 3.43. The first-order valence-electron chi connectivity index (χ1n) is 6.14. The summed E-state index contributed by atoms with van der Waals surface area (Å²) in [5.74, 6) is 0.0936. The normalized spacial score (nSPS) is 10.2. The standard InChI is InChI=1S/C12H17N3O5/c1-4-5-6-13(2)12-10(14(16)17)7-9(20-3)8-11(12)15(18)19/h7-8H,4-6H2,1-3H3. The van der Waals surface area contributed by atoms with Gasteiger partial charge in [0.05, 0.1) is 29.1 Å². The fraction of sp³-hybridized carbons (Fsp3) is 0.500. The topological polar surface area (TPSA) is 98.8 Å². The predicted octanol–water partition coefficient (Wildman–Crippen LogP) is 2.75. The van der Waals surface area contributed by atoms with E-state index in [0.717, 1.165) is 12.8 Å². The summed E-state index contributed by atoms with van der Waals surface area (Å²) >= 11 is 0. The van der Waals surface area contributed by atoms with Crippen LogP contribution in [0.2, 0.25) is 0 Å². The van der Waals surface area contributed by atoms with Gasteiger partial charge in [-0.3, -0.25) is 20.2 Å². The molecule has 0 aromatic heterocycles. The summed E-state index contributed by atoms with van der Waals surface area (Å²) in [6.07, 6.45) is 1.68. The van der Waals surface area contributed by atoms with E-state index in [4.69, 9.17) is 4.74 Å². The van der Waals surface area contributed by atoms with E-state index in [1.807, 2.05) is 6.92 Å². The van der Waals surface area contributed by atoms with Gasteiger partial charge < -0.3 is 9.64 Å². The lowest BCUT2D eigenvalue weighted by atomic mass is 10.2. The van der Waals surface area contributed by atoms with Gasteiger partial charge in [0, 0.05) is 13.6 Å². The van der Waals surface area contributed by atoms with Crippen molar-refractivity contribution in [3.63, 3.8) is 0 Å². The Labute approximate surface area is 116 Å². The Hall–Kier alpha value is -2.38. The number of hydrogen-bond donors (Lipinski definition) is 0. The van der Waals surface area contributed by atoms with Gasteiger partial charge in [-0.25, -0.2) is 0 Å². The minimum atomic E-state index is -0.632. The minimum Gasteiger partial charge on any atom is -0.496 e. The van der Waals surface area contributed by atoms with Crippen molar-refractivity contribution >= 4 is 17.1 Å². The molecule has 1 aromatic rings. The first kappa shape index (κ1) is 15.7. The minimum absolute atomic E-state index is 0.00856. The van der Waals surface area contributed by atoms with Crippen molar-refractivity contribution in [1.82, 2.24) is 0 Å². The van der Waals surface area contributed by atoms with Crippen LogP contribution in [-0.2, 0) is 0 Å². The van der Waals surface area contributed by atoms with Gasteiger partial charge in [0.1, 0.15) is 5.75 Å². The number of anilines is 1. The summed E-state index contributed by atoms with van der Waals surface area (Å²) in [5, 5.41) is 22.3. The lowest BCUT2D eigenvalue weighted by Gasteiger charge is -2.19. The van der Waals surface area contributed by atoms with E-state index in [0.29, 0.717) is 6.54 Å². The number of rotatable bonds is 7. The van der Waals surface area contributed by atoms with Crippen LogP contribution >= 0.6 is 0 Å². The van der Waals surface area contributed by atoms with Gasteiger partial charge in [-0.05, 0) is 6.42 Å². The Morgan fingerprint density at radius 2 is 1.70 bits per heavy atom. The van der Waals surface area contributed by atoms with E-state index in [1.54, 1.807) is 11.9 Å². The van der Waals surface area contributed by atoms with Crippen molar-refractivity contribution in [2.75, 3.05) is 25.6 Å². The van der Waals surface area contributed by atoms with Crippen molar-refractivity contribution in [3.8, 4) is 5.75 Å². The van der Waals surface area contributed by atoms with Gasteiger partial charge >= 0.3 is 11.4 Å². The highest BCUT2D eigenvalue weighted by molar-refractivity contribution is 5.76. The molecule has 0 amide bonds. The van der Waals surface area contributed by atoms with Crippen molar-refractivity contribution in [1.29, 1.82) is 0 Å². The summed E-state index contributed by atoms with van der Waals surface area (Å²) in [7, 11) is 2.92. The summed E-state index contributed by atoms with van der Waals surface area (Å²) in [6.45, 7) is 2.48. The number of hydrogen-bond acceptors (Lipinski definition) is 6. The smallest absolute Gasteiger partial charge is 0.303 e. The number of nitro groups is 2. The molecule has 20 heavy (non-hydrogen) atoms. The lowest BCUT2D eigenvalue weighted by Crippen LogP contribution is -2.21. The number of methoxy groups -OCH3 is 1. The highest BCUT2D eigenvalue weighted by Gasteiger charge is 2.29. The largest absolute Gasteiger partial charge is 0.496 e. The molecule has 0 N–H and O–H groups in total. The van der Waals surface area contributed by atoms with Crippen LogP contribution in [0.3, 0.4) is 0 Å². The second-order valence-electron chi connectivity index (χ2n) is 4.30. The van der Waals surface area contributed by atoms with Crippen molar-refractivity contribution < 1.29 is 14.6 Å². The summed E-state index contributed by atoms with van der Waals surface area (Å²) in [4.78, 5) is 22.6. The molecule has 0 aliphatic heterocycles. The van der Waals surface area contributed by atoms with Gasteiger partial charge in [-0.15, -0.1) is 0 Å². The van der Waals surface area contributed by atoms with E-state index in [2.05, 4.69) is 0 Å². The number of ether oxygens (including phenoxy) is 1. The fourth-order valence-corrected chi connectivity index (χ4v) is 1.87. The highest BCUT2D eigenvalue weighted by atomic mass is 16.6. The van der Waals surface area contributed by atoms with Crippen LogP contribution in [0.25, 0.3) is 0 Å². The zero-order chi connectivity index (χ0) is 15.3. The Morgan fingerprint density at radius 1 is 1.20 bits per heavy atom. The van der Waals surface area contributed by atoms with Crippen molar-refractivity contribution in [2.24, 2.45) is 0 Å². The van der Waals surface area contributed by atoms with Gasteiger partial charge in [-0.1, -0.05) is 13.3 Å². The molecule has 0 atom stereocenters. The van der Waals surface area contributed by atoms with Crippen molar-refractivity contribution in [2.45, 2.75) is 19.8 Å². The number of benzene rings is 1. The molecule has 0 heterocycles. The fourth-order valence-electron chi connectivity index (χ4n) is 1.87. The molecule has 0 spiro atoms. The molecule has 8 nitrogen and oxygen atoms in total. The molecule has 8 heteroatoms. The summed E-state index contributed by atoms with van der Waals surface area (Å²) < 4.78 is 4.88. The molecule has 1 rings (SSSR count). The van der Waals surface area contributed by atoms with Crippen LogP contribution in [0, 0.1) is 20.2 Å². The first-order chi connectivity index (χ1) is 9.42. The van der Waals surface area contributed by atoms with Gasteiger partial charge in [-0.2, -0.15) is 0 Å². The molecule has 0 bridgehead atoms. The van der Waals surface area contributed by atoms with Crippen molar-refractivity contribution in [3.05, 3.63) is 32.4 Å². The van der Waals surface area contributed by atoms with Crippen LogP contribution < -0.4 is 9.64 Å². The van der Waals surface area contributed by atoms with Crippen LogP contribution in [0.15, 0.2) is 12.1 Å². The molecule has 0 saturated carbocycles. The van der Waals surface area contributed by atoms with E-state index in [-0.39, 0.29) is 22.8 Å². The van der Waals surface area contributed by atoms with Gasteiger partial charge in [0.25, 0.3) is 0 Å². The van der Waals surface area contributed by atoms with Gasteiger partial charge in [0.15, 0.2) is 5.69 Å². The maximum absolute atomic E-state index is 11.1. The monoisotopic (exact) mass is 283 g/mol. The average Bonchev–Trinajstić information content (AvgIpc) is 2.42. The molecule has 0 saturated heterocycles. The summed E-state index contributed by atoms with van der Waals surface area (Å²) in [5.41, 5.74) is -0.640. The van der Waals surface area contributed by atoms with Crippen LogP contribution in [0.4, 0.5) is 17.1 Å². The van der Waals surface area contributed by atoms with E-state index in [9.17, 15) is 20.2 Å². The highest BCUT2D eigenvalue weighted by Crippen LogP contribution is 2.40. The number of nitrogens with zero attached hydrogens (tertiary/aromatic N) is 3. The lowest BCUT2D eigenvalue weighted by molar-refractivity contribution is -0.392.